The van der Waals surface area contributed by atoms with Gasteiger partial charge in [-0.25, -0.2) is 0 Å². The zero-order chi connectivity index (χ0) is 24.5. The molecule has 3 aliphatic carbocycles. The Morgan fingerprint density at radius 1 is 1.00 bits per heavy atom. The summed E-state index contributed by atoms with van der Waals surface area (Å²) in [6.07, 6.45) is 2.91. The SMILES string of the molecule is CC1=C2C(C)C(C)C3(C)C(C)CC(C)C(C)C3C(C)C(C)(CC1CC(O)C(C)N)C2(C)C. The number of nitrogens with two attached hydrogens (primary N) is 1. The van der Waals surface area contributed by atoms with Gasteiger partial charge < -0.3 is 10.8 Å². The van der Waals surface area contributed by atoms with Crippen LogP contribution in [0.4, 0.5) is 0 Å². The van der Waals surface area contributed by atoms with Gasteiger partial charge in [-0.15, -0.1) is 0 Å². The van der Waals surface area contributed by atoms with E-state index in [4.69, 9.17) is 5.73 Å². The van der Waals surface area contributed by atoms with Crippen LogP contribution in [-0.2, 0) is 0 Å². The number of hydrogen-bond donors (Lipinski definition) is 2. The van der Waals surface area contributed by atoms with Gasteiger partial charge in [0.2, 0.25) is 0 Å². The molecule has 0 radical (unpaired) electrons. The van der Waals surface area contributed by atoms with Crippen molar-refractivity contribution in [1.29, 1.82) is 0 Å². The largest absolute Gasteiger partial charge is 0.392 e. The number of aliphatic hydroxyl groups is 1. The van der Waals surface area contributed by atoms with Gasteiger partial charge in [0.1, 0.15) is 0 Å². The smallest absolute Gasteiger partial charge is 0.0694 e. The first-order valence-electron chi connectivity index (χ1n) is 13.7. The molecule has 3 rings (SSSR count). The molecule has 2 nitrogen and oxygen atoms in total. The molecule has 32 heavy (non-hydrogen) atoms. The third-order valence-electron chi connectivity index (χ3n) is 12.6. The van der Waals surface area contributed by atoms with Crippen LogP contribution in [0.2, 0.25) is 0 Å². The van der Waals surface area contributed by atoms with Crippen molar-refractivity contribution in [2.45, 2.75) is 114 Å². The van der Waals surface area contributed by atoms with E-state index >= 15 is 0 Å². The lowest BCUT2D eigenvalue weighted by Gasteiger charge is -2.68. The Kier molecular flexibility index (Phi) is 6.90. The van der Waals surface area contributed by atoms with Crippen LogP contribution in [0.25, 0.3) is 0 Å². The molecule has 2 heteroatoms. The molecule has 0 saturated heterocycles. The Morgan fingerprint density at radius 2 is 1.56 bits per heavy atom. The van der Waals surface area contributed by atoms with Crippen molar-refractivity contribution < 1.29 is 5.11 Å². The molecule has 0 amide bonds. The van der Waals surface area contributed by atoms with Crippen LogP contribution in [0.15, 0.2) is 11.1 Å². The van der Waals surface area contributed by atoms with Gasteiger partial charge in [-0.05, 0) is 96.7 Å². The second-order valence-corrected chi connectivity index (χ2v) is 13.9. The average Bonchev–Trinajstić information content (AvgIpc) is 2.69. The molecule has 0 aromatic heterocycles. The predicted molar refractivity (Wildman–Crippen MR) is 138 cm³/mol. The molecule has 0 aromatic rings. The van der Waals surface area contributed by atoms with Gasteiger partial charge in [-0.3, -0.25) is 0 Å². The van der Waals surface area contributed by atoms with Crippen molar-refractivity contribution in [2.75, 3.05) is 0 Å². The summed E-state index contributed by atoms with van der Waals surface area (Å²) < 4.78 is 0. The van der Waals surface area contributed by atoms with Gasteiger partial charge in [0, 0.05) is 6.04 Å². The van der Waals surface area contributed by atoms with E-state index in [2.05, 4.69) is 76.2 Å². The van der Waals surface area contributed by atoms with Gasteiger partial charge in [0.25, 0.3) is 0 Å². The van der Waals surface area contributed by atoms with E-state index in [1.165, 1.54) is 12.8 Å². The Hall–Kier alpha value is -0.340. The van der Waals surface area contributed by atoms with Gasteiger partial charge in [-0.1, -0.05) is 80.4 Å². The standard InChI is InChI=1S/C30H55NO/c1-16-13-17(2)30(12)21(6)19(4)26-20(5)24(14-25(32)23(8)31)15-29(11,28(26,9)10)22(7)27(30)18(16)3/h16-19,21-25,27,32H,13-15,31H2,1-12H3. The summed E-state index contributed by atoms with van der Waals surface area (Å²) >= 11 is 0. The van der Waals surface area contributed by atoms with Crippen LogP contribution in [0.5, 0.6) is 0 Å². The minimum atomic E-state index is -0.424. The summed E-state index contributed by atoms with van der Waals surface area (Å²) in [5.74, 6) is 5.27. The van der Waals surface area contributed by atoms with Crippen molar-refractivity contribution in [2.24, 2.45) is 69.3 Å². The zero-order valence-corrected chi connectivity index (χ0v) is 23.4. The number of aliphatic hydroxyl groups excluding tert-OH is 1. The predicted octanol–water partition coefficient (Wildman–Crippen LogP) is 7.31. The molecule has 0 aromatic carbocycles. The third kappa shape index (κ3) is 3.48. The molecule has 0 spiro atoms. The maximum atomic E-state index is 10.8. The molecule has 186 valence electrons. The molecular formula is C30H55NO. The highest BCUT2D eigenvalue weighted by Crippen LogP contribution is 2.70. The molecule has 12 unspecified atom stereocenters. The summed E-state index contributed by atoms with van der Waals surface area (Å²) in [5.41, 5.74) is 10.1. The number of allylic oxidation sites excluding steroid dienone is 2. The van der Waals surface area contributed by atoms with Crippen molar-refractivity contribution in [3.63, 3.8) is 0 Å². The Morgan fingerprint density at radius 3 is 2.09 bits per heavy atom. The topological polar surface area (TPSA) is 46.2 Å². The van der Waals surface area contributed by atoms with Crippen LogP contribution >= 0.6 is 0 Å². The zero-order valence-electron chi connectivity index (χ0n) is 23.4. The first-order valence-corrected chi connectivity index (χ1v) is 13.7. The highest BCUT2D eigenvalue weighted by Gasteiger charge is 2.63. The first-order chi connectivity index (χ1) is 14.5. The van der Waals surface area contributed by atoms with E-state index in [0.717, 1.165) is 30.1 Å². The van der Waals surface area contributed by atoms with Crippen molar-refractivity contribution >= 4 is 0 Å². The summed E-state index contributed by atoms with van der Waals surface area (Å²) in [6, 6.07) is -0.169. The quantitative estimate of drug-likeness (QED) is 0.447. The maximum Gasteiger partial charge on any atom is 0.0694 e. The molecule has 0 aliphatic heterocycles. The lowest BCUT2D eigenvalue weighted by molar-refractivity contribution is -0.159. The Balaban J connectivity index is 2.25. The molecule has 2 saturated carbocycles. The van der Waals surface area contributed by atoms with Gasteiger partial charge in [-0.2, -0.15) is 0 Å². The Bertz CT molecular complexity index is 737. The lowest BCUT2D eigenvalue weighted by Crippen LogP contribution is -2.61. The van der Waals surface area contributed by atoms with E-state index in [0.29, 0.717) is 29.1 Å². The van der Waals surface area contributed by atoms with E-state index in [1.54, 1.807) is 11.1 Å². The van der Waals surface area contributed by atoms with Gasteiger partial charge in [0.05, 0.1) is 6.10 Å². The van der Waals surface area contributed by atoms with Crippen LogP contribution in [0.3, 0.4) is 0 Å². The number of hydrogen-bond acceptors (Lipinski definition) is 2. The minimum absolute atomic E-state index is 0.158. The second-order valence-electron chi connectivity index (χ2n) is 13.9. The van der Waals surface area contributed by atoms with E-state index in [-0.39, 0.29) is 16.9 Å². The first kappa shape index (κ1) is 26.3. The minimum Gasteiger partial charge on any atom is -0.392 e. The molecule has 12 atom stereocenters. The van der Waals surface area contributed by atoms with Crippen LogP contribution < -0.4 is 5.73 Å². The number of rotatable bonds is 3. The Labute approximate surface area is 200 Å². The van der Waals surface area contributed by atoms with E-state index in [1.807, 2.05) is 6.92 Å². The van der Waals surface area contributed by atoms with Gasteiger partial charge in [0.15, 0.2) is 0 Å². The normalized spacial score (nSPS) is 50.8. The molecular weight excluding hydrogens is 390 g/mol. The summed E-state index contributed by atoms with van der Waals surface area (Å²) in [7, 11) is 0. The van der Waals surface area contributed by atoms with E-state index < -0.39 is 6.10 Å². The highest BCUT2D eigenvalue weighted by molar-refractivity contribution is 5.34. The summed E-state index contributed by atoms with van der Waals surface area (Å²) in [5, 5.41) is 10.8. The molecule has 2 fully saturated rings. The van der Waals surface area contributed by atoms with Crippen molar-refractivity contribution in [3.05, 3.63) is 11.1 Å². The molecule has 3 N–H and O–H groups in total. The summed E-state index contributed by atoms with van der Waals surface area (Å²) in [6.45, 7) is 30.0. The molecule has 2 bridgehead atoms. The average molecular weight is 446 g/mol. The monoisotopic (exact) mass is 445 g/mol. The maximum absolute atomic E-state index is 10.8. The van der Waals surface area contributed by atoms with Crippen LogP contribution in [0, 0.1) is 63.6 Å². The molecule has 0 heterocycles. The fourth-order valence-corrected chi connectivity index (χ4v) is 9.60. The molecule has 3 aliphatic rings. The van der Waals surface area contributed by atoms with Crippen molar-refractivity contribution in [1.82, 2.24) is 0 Å². The van der Waals surface area contributed by atoms with Crippen LogP contribution in [-0.4, -0.2) is 17.3 Å². The van der Waals surface area contributed by atoms with Crippen LogP contribution in [0.1, 0.15) is 102 Å². The lowest BCUT2D eigenvalue weighted by atomic mass is 9.37. The number of fused-ring (bicyclic) bond motifs is 3. The second kappa shape index (κ2) is 8.40. The highest BCUT2D eigenvalue weighted by atomic mass is 16.3. The van der Waals surface area contributed by atoms with E-state index in [9.17, 15) is 5.11 Å². The fourth-order valence-electron chi connectivity index (χ4n) is 9.60. The van der Waals surface area contributed by atoms with Gasteiger partial charge >= 0.3 is 0 Å². The summed E-state index contributed by atoms with van der Waals surface area (Å²) in [4.78, 5) is 0. The van der Waals surface area contributed by atoms with Crippen molar-refractivity contribution in [3.8, 4) is 0 Å². The third-order valence-corrected chi connectivity index (χ3v) is 12.6. The fraction of sp³-hybridized carbons (Fsp3) is 0.933.